The summed E-state index contributed by atoms with van der Waals surface area (Å²) in [7, 11) is 0. The summed E-state index contributed by atoms with van der Waals surface area (Å²) in [6.45, 7) is 2.18. The minimum Gasteiger partial charge on any atom is -0.421 e. The van der Waals surface area contributed by atoms with Crippen molar-refractivity contribution in [1.29, 1.82) is 0 Å². The number of benzene rings is 2. The van der Waals surface area contributed by atoms with Crippen LogP contribution in [0, 0.1) is 5.82 Å². The number of carbonyl (C=O) groups excluding carboxylic acids is 1. The first-order valence-electron chi connectivity index (χ1n) is 9.41. The Labute approximate surface area is 162 Å². The van der Waals surface area contributed by atoms with Gasteiger partial charge in [0.2, 0.25) is 11.8 Å². The summed E-state index contributed by atoms with van der Waals surface area (Å²) >= 11 is 0. The number of nitrogens with zero attached hydrogens (tertiary/aromatic N) is 3. The van der Waals surface area contributed by atoms with Crippen molar-refractivity contribution in [1.82, 2.24) is 10.2 Å². The van der Waals surface area contributed by atoms with Crippen molar-refractivity contribution in [2.75, 3.05) is 23.3 Å². The second kappa shape index (κ2) is 8.21. The van der Waals surface area contributed by atoms with Gasteiger partial charge in [0, 0.05) is 37.3 Å². The fourth-order valence-corrected chi connectivity index (χ4v) is 3.27. The summed E-state index contributed by atoms with van der Waals surface area (Å²) in [6, 6.07) is 14.1. The maximum Gasteiger partial charge on any atom is 0.250 e. The van der Waals surface area contributed by atoms with E-state index in [1.54, 1.807) is 18.2 Å². The van der Waals surface area contributed by atoms with Gasteiger partial charge in [-0.05, 0) is 49.2 Å². The van der Waals surface area contributed by atoms with E-state index in [1.807, 2.05) is 24.3 Å². The molecule has 2 aromatic carbocycles. The maximum absolute atomic E-state index is 13.8. The molecule has 1 aliphatic heterocycles. The van der Waals surface area contributed by atoms with Gasteiger partial charge < -0.3 is 14.6 Å². The van der Waals surface area contributed by atoms with Crippen LogP contribution < -0.4 is 10.2 Å². The monoisotopic (exact) mass is 380 g/mol. The van der Waals surface area contributed by atoms with E-state index in [2.05, 4.69) is 20.4 Å². The van der Waals surface area contributed by atoms with Gasteiger partial charge in [-0.15, -0.1) is 10.2 Å². The SMILES string of the molecule is O=C(CCc1nnc(-c2ccccc2F)o1)Nc1ccc(N2CCCC2)cc1. The lowest BCUT2D eigenvalue weighted by atomic mass is 10.2. The highest BCUT2D eigenvalue weighted by atomic mass is 19.1. The molecule has 1 amide bonds. The predicted octanol–water partition coefficient (Wildman–Crippen LogP) is 4.05. The number of aromatic nitrogens is 2. The molecule has 0 saturated carbocycles. The number of carbonyl (C=O) groups is 1. The number of nitrogens with one attached hydrogen (secondary N) is 1. The van der Waals surface area contributed by atoms with Crippen LogP contribution in [0.1, 0.15) is 25.2 Å². The highest BCUT2D eigenvalue weighted by Gasteiger charge is 2.14. The van der Waals surface area contributed by atoms with Crippen molar-refractivity contribution >= 4 is 17.3 Å². The molecule has 0 radical (unpaired) electrons. The van der Waals surface area contributed by atoms with Crippen LogP contribution in [0.2, 0.25) is 0 Å². The zero-order chi connectivity index (χ0) is 19.3. The molecule has 6 nitrogen and oxygen atoms in total. The summed E-state index contributed by atoms with van der Waals surface area (Å²) in [5, 5.41) is 10.6. The standard InChI is InChI=1S/C21H21FN4O2/c22-18-6-2-1-5-17(18)21-25-24-20(28-21)12-11-19(27)23-15-7-9-16(10-8-15)26-13-3-4-14-26/h1-2,5-10H,3-4,11-14H2,(H,23,27). The number of amides is 1. The zero-order valence-electron chi connectivity index (χ0n) is 15.4. The van der Waals surface area contributed by atoms with Gasteiger partial charge in [-0.25, -0.2) is 4.39 Å². The third-order valence-corrected chi connectivity index (χ3v) is 4.76. The molecule has 1 saturated heterocycles. The van der Waals surface area contributed by atoms with Crippen molar-refractivity contribution in [3.05, 3.63) is 60.2 Å². The van der Waals surface area contributed by atoms with E-state index in [0.29, 0.717) is 12.3 Å². The van der Waals surface area contributed by atoms with Gasteiger partial charge in [-0.2, -0.15) is 0 Å². The lowest BCUT2D eigenvalue weighted by Crippen LogP contribution is -2.17. The third-order valence-electron chi connectivity index (χ3n) is 4.76. The molecule has 2 heterocycles. The zero-order valence-corrected chi connectivity index (χ0v) is 15.4. The van der Waals surface area contributed by atoms with Crippen molar-refractivity contribution in [2.24, 2.45) is 0 Å². The molecule has 1 N–H and O–H groups in total. The van der Waals surface area contributed by atoms with Gasteiger partial charge in [-0.3, -0.25) is 4.79 Å². The molecule has 1 fully saturated rings. The van der Waals surface area contributed by atoms with Crippen molar-refractivity contribution < 1.29 is 13.6 Å². The molecular formula is C21H21FN4O2. The van der Waals surface area contributed by atoms with Crippen LogP contribution in [0.5, 0.6) is 0 Å². The van der Waals surface area contributed by atoms with E-state index in [9.17, 15) is 9.18 Å². The molecule has 0 spiro atoms. The minimum atomic E-state index is -0.423. The quantitative estimate of drug-likeness (QED) is 0.699. The molecule has 1 aromatic heterocycles. The fourth-order valence-electron chi connectivity index (χ4n) is 3.27. The Morgan fingerprint density at radius 1 is 1.07 bits per heavy atom. The largest absolute Gasteiger partial charge is 0.421 e. The number of rotatable bonds is 6. The maximum atomic E-state index is 13.8. The molecule has 4 rings (SSSR count). The third kappa shape index (κ3) is 4.19. The van der Waals surface area contributed by atoms with E-state index >= 15 is 0 Å². The second-order valence-corrected chi connectivity index (χ2v) is 6.77. The summed E-state index contributed by atoms with van der Waals surface area (Å²) in [5.41, 5.74) is 2.19. The van der Waals surface area contributed by atoms with Gasteiger partial charge in [0.25, 0.3) is 5.89 Å². The smallest absolute Gasteiger partial charge is 0.250 e. The van der Waals surface area contributed by atoms with Gasteiger partial charge >= 0.3 is 0 Å². The number of hydrogen-bond donors (Lipinski definition) is 1. The van der Waals surface area contributed by atoms with Crippen LogP contribution >= 0.6 is 0 Å². The Kier molecular flexibility index (Phi) is 5.32. The van der Waals surface area contributed by atoms with Gasteiger partial charge in [-0.1, -0.05) is 12.1 Å². The molecule has 3 aromatic rings. The molecule has 28 heavy (non-hydrogen) atoms. The molecule has 0 atom stereocenters. The topological polar surface area (TPSA) is 71.3 Å². The Bertz CT molecular complexity index is 949. The average Bonchev–Trinajstić information content (AvgIpc) is 3.40. The Hall–Kier alpha value is -3.22. The number of anilines is 2. The normalized spacial score (nSPS) is 13.7. The van der Waals surface area contributed by atoms with Crippen LogP contribution in [-0.2, 0) is 11.2 Å². The first-order chi connectivity index (χ1) is 13.7. The summed E-state index contributed by atoms with van der Waals surface area (Å²) in [5.74, 6) is -0.142. The Balaban J connectivity index is 1.30. The highest BCUT2D eigenvalue weighted by molar-refractivity contribution is 5.90. The van der Waals surface area contributed by atoms with Gasteiger partial charge in [0.05, 0.1) is 5.56 Å². The van der Waals surface area contributed by atoms with Crippen molar-refractivity contribution in [2.45, 2.75) is 25.7 Å². The molecule has 7 heteroatoms. The molecular weight excluding hydrogens is 359 g/mol. The first kappa shape index (κ1) is 18.2. The highest BCUT2D eigenvalue weighted by Crippen LogP contribution is 2.23. The lowest BCUT2D eigenvalue weighted by Gasteiger charge is -2.17. The molecule has 0 aliphatic carbocycles. The number of halogens is 1. The second-order valence-electron chi connectivity index (χ2n) is 6.77. The van der Waals surface area contributed by atoms with E-state index in [4.69, 9.17) is 4.42 Å². The van der Waals surface area contributed by atoms with Crippen LogP contribution in [0.3, 0.4) is 0 Å². The van der Waals surface area contributed by atoms with E-state index in [0.717, 1.165) is 18.8 Å². The van der Waals surface area contributed by atoms with Crippen molar-refractivity contribution in [3.8, 4) is 11.5 Å². The van der Waals surface area contributed by atoms with Crippen LogP contribution in [-0.4, -0.2) is 29.2 Å². The Morgan fingerprint density at radius 2 is 1.82 bits per heavy atom. The minimum absolute atomic E-state index is 0.117. The average molecular weight is 380 g/mol. The lowest BCUT2D eigenvalue weighted by molar-refractivity contribution is -0.116. The Morgan fingerprint density at radius 3 is 2.57 bits per heavy atom. The molecule has 144 valence electrons. The molecule has 0 unspecified atom stereocenters. The van der Waals surface area contributed by atoms with Crippen LogP contribution in [0.4, 0.5) is 15.8 Å². The van der Waals surface area contributed by atoms with Crippen molar-refractivity contribution in [3.63, 3.8) is 0 Å². The van der Waals surface area contributed by atoms with Gasteiger partial charge in [0.15, 0.2) is 0 Å². The number of aryl methyl sites for hydroxylation is 1. The van der Waals surface area contributed by atoms with E-state index < -0.39 is 5.82 Å². The molecule has 0 bridgehead atoms. The predicted molar refractivity (Wildman–Crippen MR) is 105 cm³/mol. The number of hydrogen-bond acceptors (Lipinski definition) is 5. The first-order valence-corrected chi connectivity index (χ1v) is 9.41. The van der Waals surface area contributed by atoms with Crippen LogP contribution in [0.15, 0.2) is 52.9 Å². The summed E-state index contributed by atoms with van der Waals surface area (Å²) < 4.78 is 19.2. The van der Waals surface area contributed by atoms with Gasteiger partial charge in [0.1, 0.15) is 5.82 Å². The fraction of sp³-hybridized carbons (Fsp3) is 0.286. The van der Waals surface area contributed by atoms with E-state index in [-0.39, 0.29) is 23.8 Å². The summed E-state index contributed by atoms with van der Waals surface area (Å²) in [6.07, 6.45) is 2.95. The molecule has 1 aliphatic rings. The van der Waals surface area contributed by atoms with E-state index in [1.165, 1.54) is 24.6 Å². The summed E-state index contributed by atoms with van der Waals surface area (Å²) in [4.78, 5) is 14.5. The van der Waals surface area contributed by atoms with Crippen LogP contribution in [0.25, 0.3) is 11.5 Å².